The van der Waals surface area contributed by atoms with Crippen LogP contribution in [0.25, 0.3) is 0 Å². The summed E-state index contributed by atoms with van der Waals surface area (Å²) in [7, 11) is 4.00. The maximum Gasteiger partial charge on any atom is 0.191 e. The Labute approximate surface area is 173 Å². The van der Waals surface area contributed by atoms with Crippen molar-refractivity contribution in [1.29, 1.82) is 0 Å². The van der Waals surface area contributed by atoms with E-state index in [1.807, 2.05) is 18.3 Å². The molecule has 0 aliphatic carbocycles. The standard InChI is InChI=1S/C17H29ClN6.HI/c1-19-17(20-7-6-15-4-5-16(18)22-14-15)21-8-11-24-10-3-9-23(2)12-13-24;/h4-5,14H,3,6-13H2,1-2H3,(H2,19,20,21);1H. The van der Waals surface area contributed by atoms with Crippen molar-refractivity contribution in [3.8, 4) is 0 Å². The van der Waals surface area contributed by atoms with Crippen LogP contribution in [0.1, 0.15) is 12.0 Å². The van der Waals surface area contributed by atoms with Gasteiger partial charge in [-0.25, -0.2) is 4.98 Å². The molecule has 0 amide bonds. The van der Waals surface area contributed by atoms with Gasteiger partial charge in [0.1, 0.15) is 5.15 Å². The van der Waals surface area contributed by atoms with Gasteiger partial charge in [0, 0.05) is 46.0 Å². The molecule has 142 valence electrons. The van der Waals surface area contributed by atoms with Crippen LogP contribution < -0.4 is 10.6 Å². The van der Waals surface area contributed by atoms with E-state index in [0.29, 0.717) is 5.15 Å². The Bertz CT molecular complexity index is 510. The van der Waals surface area contributed by atoms with Crippen molar-refractivity contribution in [1.82, 2.24) is 25.4 Å². The number of rotatable bonds is 6. The molecule has 0 spiro atoms. The fourth-order valence-electron chi connectivity index (χ4n) is 2.76. The van der Waals surface area contributed by atoms with Gasteiger partial charge in [0.2, 0.25) is 0 Å². The largest absolute Gasteiger partial charge is 0.356 e. The number of pyridine rings is 1. The Kier molecular flexibility index (Phi) is 11.4. The van der Waals surface area contributed by atoms with E-state index in [-0.39, 0.29) is 24.0 Å². The maximum atomic E-state index is 5.80. The van der Waals surface area contributed by atoms with E-state index in [1.165, 1.54) is 19.5 Å². The second-order valence-corrected chi connectivity index (χ2v) is 6.55. The van der Waals surface area contributed by atoms with E-state index in [0.717, 1.165) is 50.7 Å². The first-order valence-corrected chi connectivity index (χ1v) is 9.01. The van der Waals surface area contributed by atoms with Gasteiger partial charge in [0.15, 0.2) is 5.96 Å². The minimum Gasteiger partial charge on any atom is -0.356 e. The molecule has 0 aromatic carbocycles. The zero-order chi connectivity index (χ0) is 17.2. The molecule has 0 unspecified atom stereocenters. The summed E-state index contributed by atoms with van der Waals surface area (Å²) in [5, 5.41) is 7.26. The second-order valence-electron chi connectivity index (χ2n) is 6.16. The lowest BCUT2D eigenvalue weighted by molar-refractivity contribution is 0.280. The van der Waals surface area contributed by atoms with E-state index in [1.54, 1.807) is 7.05 Å². The molecule has 1 aromatic rings. The molecule has 0 bridgehead atoms. The van der Waals surface area contributed by atoms with Gasteiger partial charge in [-0.15, -0.1) is 24.0 Å². The summed E-state index contributed by atoms with van der Waals surface area (Å²) in [5.74, 6) is 0.851. The number of aliphatic imine (C=N–C) groups is 1. The van der Waals surface area contributed by atoms with E-state index < -0.39 is 0 Å². The second kappa shape index (κ2) is 12.7. The minimum atomic E-state index is 0. The Balaban J connectivity index is 0.00000312. The number of guanidine groups is 1. The van der Waals surface area contributed by atoms with Crippen LogP contribution in [0.2, 0.25) is 5.15 Å². The van der Waals surface area contributed by atoms with E-state index in [9.17, 15) is 0 Å². The van der Waals surface area contributed by atoms with Crippen LogP contribution in [0, 0.1) is 0 Å². The summed E-state index contributed by atoms with van der Waals surface area (Å²) in [6.45, 7) is 7.46. The lowest BCUT2D eigenvalue weighted by atomic mass is 10.2. The quantitative estimate of drug-likeness (QED) is 0.281. The monoisotopic (exact) mass is 480 g/mol. The molecule has 1 aliphatic heterocycles. The number of hydrogen-bond acceptors (Lipinski definition) is 4. The van der Waals surface area contributed by atoms with Crippen molar-refractivity contribution in [2.45, 2.75) is 12.8 Å². The van der Waals surface area contributed by atoms with Gasteiger partial charge < -0.3 is 20.4 Å². The average Bonchev–Trinajstić information content (AvgIpc) is 2.79. The molecular weight excluding hydrogens is 451 g/mol. The summed E-state index contributed by atoms with van der Waals surface area (Å²) in [5.41, 5.74) is 1.16. The zero-order valence-electron chi connectivity index (χ0n) is 15.2. The number of hydrogen-bond donors (Lipinski definition) is 2. The zero-order valence-corrected chi connectivity index (χ0v) is 18.3. The number of aromatic nitrogens is 1. The van der Waals surface area contributed by atoms with Crippen LogP contribution in [0.15, 0.2) is 23.3 Å². The number of halogens is 2. The van der Waals surface area contributed by atoms with Crippen molar-refractivity contribution < 1.29 is 0 Å². The van der Waals surface area contributed by atoms with Crippen molar-refractivity contribution in [2.75, 3.05) is 59.9 Å². The molecule has 8 heteroatoms. The fourth-order valence-corrected chi connectivity index (χ4v) is 2.87. The Morgan fingerprint density at radius 1 is 1.20 bits per heavy atom. The van der Waals surface area contributed by atoms with Gasteiger partial charge in [-0.2, -0.15) is 0 Å². The SMILES string of the molecule is CN=C(NCCc1ccc(Cl)nc1)NCCN1CCCN(C)CC1.I. The lowest BCUT2D eigenvalue weighted by Crippen LogP contribution is -2.42. The third-order valence-electron chi connectivity index (χ3n) is 4.25. The molecule has 2 heterocycles. The van der Waals surface area contributed by atoms with Crippen molar-refractivity contribution >= 4 is 41.5 Å². The average molecular weight is 481 g/mol. The fraction of sp³-hybridized carbons (Fsp3) is 0.647. The number of nitrogens with zero attached hydrogens (tertiary/aromatic N) is 4. The van der Waals surface area contributed by atoms with Gasteiger partial charge in [-0.3, -0.25) is 4.99 Å². The molecule has 2 N–H and O–H groups in total. The van der Waals surface area contributed by atoms with E-state index in [2.05, 4.69) is 37.5 Å². The predicted octanol–water partition coefficient (Wildman–Crippen LogP) is 1.70. The summed E-state index contributed by atoms with van der Waals surface area (Å²) in [6.07, 6.45) is 3.96. The molecule has 6 nitrogen and oxygen atoms in total. The van der Waals surface area contributed by atoms with Crippen molar-refractivity contribution in [2.24, 2.45) is 4.99 Å². The molecule has 0 atom stereocenters. The Morgan fingerprint density at radius 2 is 2.00 bits per heavy atom. The minimum absolute atomic E-state index is 0. The van der Waals surface area contributed by atoms with Crippen LogP contribution in [-0.2, 0) is 6.42 Å². The van der Waals surface area contributed by atoms with Gasteiger partial charge in [-0.1, -0.05) is 17.7 Å². The van der Waals surface area contributed by atoms with Gasteiger partial charge in [-0.05, 0) is 44.6 Å². The molecule has 2 rings (SSSR count). The van der Waals surface area contributed by atoms with Crippen LogP contribution in [0.3, 0.4) is 0 Å². The third kappa shape index (κ3) is 9.03. The number of likely N-dealkylation sites (N-methyl/N-ethyl adjacent to an activating group) is 1. The molecule has 1 fully saturated rings. The first-order valence-electron chi connectivity index (χ1n) is 8.63. The molecule has 1 saturated heterocycles. The summed E-state index contributed by atoms with van der Waals surface area (Å²) in [6, 6.07) is 3.83. The van der Waals surface area contributed by atoms with Crippen LogP contribution in [0.5, 0.6) is 0 Å². The summed E-state index contributed by atoms with van der Waals surface area (Å²) >= 11 is 5.80. The molecule has 1 aromatic heterocycles. The maximum absolute atomic E-state index is 5.80. The van der Waals surface area contributed by atoms with E-state index in [4.69, 9.17) is 11.6 Å². The first kappa shape index (κ1) is 22.4. The summed E-state index contributed by atoms with van der Waals surface area (Å²) < 4.78 is 0. The Morgan fingerprint density at radius 3 is 2.72 bits per heavy atom. The van der Waals surface area contributed by atoms with Crippen LogP contribution in [-0.4, -0.2) is 80.7 Å². The predicted molar refractivity (Wildman–Crippen MR) is 116 cm³/mol. The van der Waals surface area contributed by atoms with Gasteiger partial charge in [0.05, 0.1) is 0 Å². The van der Waals surface area contributed by atoms with Crippen molar-refractivity contribution in [3.63, 3.8) is 0 Å². The highest BCUT2D eigenvalue weighted by atomic mass is 127. The van der Waals surface area contributed by atoms with Crippen LogP contribution in [0.4, 0.5) is 0 Å². The third-order valence-corrected chi connectivity index (χ3v) is 4.47. The highest BCUT2D eigenvalue weighted by molar-refractivity contribution is 14.0. The molecule has 25 heavy (non-hydrogen) atoms. The highest BCUT2D eigenvalue weighted by Crippen LogP contribution is 2.05. The highest BCUT2D eigenvalue weighted by Gasteiger charge is 2.11. The van der Waals surface area contributed by atoms with Crippen LogP contribution >= 0.6 is 35.6 Å². The topological polar surface area (TPSA) is 55.8 Å². The van der Waals surface area contributed by atoms with Gasteiger partial charge in [0.25, 0.3) is 0 Å². The van der Waals surface area contributed by atoms with Gasteiger partial charge >= 0.3 is 0 Å². The molecule has 0 radical (unpaired) electrons. The lowest BCUT2D eigenvalue weighted by Gasteiger charge is -2.21. The molecular formula is C17H30ClIN6. The van der Waals surface area contributed by atoms with Crippen molar-refractivity contribution in [3.05, 3.63) is 29.0 Å². The van der Waals surface area contributed by atoms with E-state index >= 15 is 0 Å². The Hall–Kier alpha value is -0.640. The smallest absolute Gasteiger partial charge is 0.191 e. The molecule has 0 saturated carbocycles. The molecule has 1 aliphatic rings. The number of nitrogens with one attached hydrogen (secondary N) is 2. The first-order chi connectivity index (χ1) is 11.7. The summed E-state index contributed by atoms with van der Waals surface area (Å²) in [4.78, 5) is 13.3. The normalized spacial score (nSPS) is 16.8.